The molecule has 18 heavy (non-hydrogen) atoms. The summed E-state index contributed by atoms with van der Waals surface area (Å²) in [6.07, 6.45) is 2.72. The molecule has 1 saturated carbocycles. The minimum Gasteiger partial charge on any atom is -0.490 e. The van der Waals surface area contributed by atoms with E-state index in [1.165, 1.54) is 0 Å². The van der Waals surface area contributed by atoms with Gasteiger partial charge in [0, 0.05) is 0 Å². The number of nitrogens with zero attached hydrogens (tertiary/aromatic N) is 1. The highest BCUT2D eigenvalue weighted by molar-refractivity contribution is 6.32. The second kappa shape index (κ2) is 5.60. The summed E-state index contributed by atoms with van der Waals surface area (Å²) in [5.74, 6) is 0.667. The molecule has 0 bridgehead atoms. The van der Waals surface area contributed by atoms with E-state index in [-0.39, 0.29) is 0 Å². The van der Waals surface area contributed by atoms with E-state index in [2.05, 4.69) is 6.07 Å². The molecule has 3 nitrogen and oxygen atoms in total. The van der Waals surface area contributed by atoms with Crippen LogP contribution in [0.5, 0.6) is 5.75 Å². The zero-order valence-electron chi connectivity index (χ0n) is 10.4. The highest BCUT2D eigenvalue weighted by atomic mass is 35.5. The van der Waals surface area contributed by atoms with Crippen LogP contribution in [0.2, 0.25) is 5.02 Å². The van der Waals surface area contributed by atoms with Gasteiger partial charge in [0.2, 0.25) is 0 Å². The fourth-order valence-corrected chi connectivity index (χ4v) is 2.09. The van der Waals surface area contributed by atoms with Crippen LogP contribution in [-0.2, 0) is 4.74 Å². The molecule has 1 aliphatic carbocycles. The van der Waals surface area contributed by atoms with E-state index in [0.717, 1.165) is 24.8 Å². The van der Waals surface area contributed by atoms with E-state index >= 15 is 0 Å². The third-order valence-corrected chi connectivity index (χ3v) is 3.72. The van der Waals surface area contributed by atoms with Gasteiger partial charge >= 0.3 is 0 Å². The fourth-order valence-electron chi connectivity index (χ4n) is 1.91. The Balaban J connectivity index is 1.79. The molecule has 0 unspecified atom stereocenters. The van der Waals surface area contributed by atoms with E-state index in [1.54, 1.807) is 0 Å². The van der Waals surface area contributed by atoms with Crippen LogP contribution in [-0.4, -0.2) is 18.8 Å². The molecule has 1 aromatic rings. The van der Waals surface area contributed by atoms with Gasteiger partial charge < -0.3 is 9.47 Å². The first-order valence-corrected chi connectivity index (χ1v) is 6.48. The van der Waals surface area contributed by atoms with Crippen molar-refractivity contribution in [2.24, 2.45) is 0 Å². The normalized spacial score (nSPS) is 16.7. The number of benzene rings is 1. The summed E-state index contributed by atoms with van der Waals surface area (Å²) in [7, 11) is 0. The summed E-state index contributed by atoms with van der Waals surface area (Å²) < 4.78 is 11.1. The van der Waals surface area contributed by atoms with Crippen molar-refractivity contribution in [3.63, 3.8) is 0 Å². The van der Waals surface area contributed by atoms with Gasteiger partial charge in [-0.15, -0.1) is 0 Å². The first kappa shape index (κ1) is 13.2. The van der Waals surface area contributed by atoms with Crippen molar-refractivity contribution in [2.75, 3.05) is 13.2 Å². The molecule has 0 amide bonds. The van der Waals surface area contributed by atoms with Crippen LogP contribution in [0, 0.1) is 18.3 Å². The summed E-state index contributed by atoms with van der Waals surface area (Å²) in [5, 5.41) is 9.63. The molecule has 0 atom stereocenters. The number of hydrogen-bond acceptors (Lipinski definition) is 3. The Hall–Kier alpha value is -1.24. The Morgan fingerprint density at radius 1 is 1.39 bits per heavy atom. The SMILES string of the molecule is Cc1cccc(OCCOC2(C#N)CCC2)c1Cl. The number of ether oxygens (including phenoxy) is 2. The summed E-state index contributed by atoms with van der Waals surface area (Å²) in [5.41, 5.74) is 0.433. The second-order valence-electron chi connectivity index (χ2n) is 4.54. The lowest BCUT2D eigenvalue weighted by Gasteiger charge is -2.34. The van der Waals surface area contributed by atoms with Gasteiger partial charge in [-0.25, -0.2) is 0 Å². The smallest absolute Gasteiger partial charge is 0.154 e. The minimum absolute atomic E-state index is 0.409. The molecule has 1 aliphatic rings. The van der Waals surface area contributed by atoms with Crippen molar-refractivity contribution in [1.29, 1.82) is 5.26 Å². The standard InChI is InChI=1S/C14H16ClNO2/c1-11-4-2-5-12(13(11)15)17-8-9-18-14(10-16)6-3-7-14/h2,4-5H,3,6-9H2,1H3. The van der Waals surface area contributed by atoms with Crippen molar-refractivity contribution >= 4 is 11.6 Å². The maximum Gasteiger partial charge on any atom is 0.154 e. The van der Waals surface area contributed by atoms with E-state index in [4.69, 9.17) is 26.3 Å². The molecule has 2 rings (SSSR count). The van der Waals surface area contributed by atoms with Crippen LogP contribution in [0.3, 0.4) is 0 Å². The van der Waals surface area contributed by atoms with Crippen LogP contribution in [0.1, 0.15) is 24.8 Å². The highest BCUT2D eigenvalue weighted by Gasteiger charge is 2.38. The zero-order chi connectivity index (χ0) is 13.0. The molecular formula is C14H16ClNO2. The lowest BCUT2D eigenvalue weighted by atomic mass is 9.81. The first-order valence-electron chi connectivity index (χ1n) is 6.10. The molecule has 0 aliphatic heterocycles. The van der Waals surface area contributed by atoms with Gasteiger partial charge in [-0.3, -0.25) is 0 Å². The Bertz CT molecular complexity index is 463. The van der Waals surface area contributed by atoms with Gasteiger partial charge in [-0.2, -0.15) is 5.26 Å². The van der Waals surface area contributed by atoms with Gasteiger partial charge in [0.15, 0.2) is 5.60 Å². The van der Waals surface area contributed by atoms with E-state index in [0.29, 0.717) is 24.0 Å². The van der Waals surface area contributed by atoms with E-state index in [9.17, 15) is 0 Å². The number of halogens is 1. The molecule has 0 saturated heterocycles. The molecule has 0 aromatic heterocycles. The Kier molecular flexibility index (Phi) is 4.11. The van der Waals surface area contributed by atoms with Crippen LogP contribution in [0.15, 0.2) is 18.2 Å². The topological polar surface area (TPSA) is 42.2 Å². The summed E-state index contributed by atoms with van der Waals surface area (Å²) in [6.45, 7) is 2.76. The number of nitriles is 1. The first-order chi connectivity index (χ1) is 8.67. The van der Waals surface area contributed by atoms with Crippen LogP contribution in [0.25, 0.3) is 0 Å². The average Bonchev–Trinajstić information content (AvgIpc) is 2.32. The Morgan fingerprint density at radius 3 is 2.78 bits per heavy atom. The molecule has 1 fully saturated rings. The van der Waals surface area contributed by atoms with Crippen LogP contribution >= 0.6 is 11.6 Å². The molecule has 96 valence electrons. The predicted molar refractivity (Wildman–Crippen MR) is 69.8 cm³/mol. The quantitative estimate of drug-likeness (QED) is 0.766. The lowest BCUT2D eigenvalue weighted by molar-refractivity contribution is -0.0644. The molecule has 4 heteroatoms. The van der Waals surface area contributed by atoms with Gasteiger partial charge in [0.25, 0.3) is 0 Å². The lowest BCUT2D eigenvalue weighted by Crippen LogP contribution is -2.39. The molecular weight excluding hydrogens is 250 g/mol. The highest BCUT2D eigenvalue weighted by Crippen LogP contribution is 2.34. The minimum atomic E-state index is -0.556. The summed E-state index contributed by atoms with van der Waals surface area (Å²) in [6, 6.07) is 7.90. The van der Waals surface area contributed by atoms with Crippen LogP contribution < -0.4 is 4.74 Å². The van der Waals surface area contributed by atoms with Crippen molar-refractivity contribution < 1.29 is 9.47 Å². The number of rotatable bonds is 5. The largest absolute Gasteiger partial charge is 0.490 e. The average molecular weight is 266 g/mol. The molecule has 0 spiro atoms. The van der Waals surface area contributed by atoms with Gasteiger partial charge in [0.05, 0.1) is 17.7 Å². The number of aryl methyl sites for hydroxylation is 1. The monoisotopic (exact) mass is 265 g/mol. The number of hydrogen-bond donors (Lipinski definition) is 0. The molecule has 1 aromatic carbocycles. The Morgan fingerprint density at radius 2 is 2.17 bits per heavy atom. The molecule has 0 N–H and O–H groups in total. The summed E-state index contributed by atoms with van der Waals surface area (Å²) >= 11 is 6.11. The maximum atomic E-state index is 9.00. The third-order valence-electron chi connectivity index (χ3n) is 3.24. The van der Waals surface area contributed by atoms with Crippen molar-refractivity contribution in [3.8, 4) is 11.8 Å². The zero-order valence-corrected chi connectivity index (χ0v) is 11.2. The molecule has 0 heterocycles. The maximum absolute atomic E-state index is 9.00. The van der Waals surface area contributed by atoms with Gasteiger partial charge in [-0.1, -0.05) is 23.7 Å². The fraction of sp³-hybridized carbons (Fsp3) is 0.500. The van der Waals surface area contributed by atoms with E-state index in [1.807, 2.05) is 25.1 Å². The van der Waals surface area contributed by atoms with E-state index < -0.39 is 5.60 Å². The second-order valence-corrected chi connectivity index (χ2v) is 4.92. The van der Waals surface area contributed by atoms with Crippen LogP contribution in [0.4, 0.5) is 0 Å². The molecule has 0 radical (unpaired) electrons. The van der Waals surface area contributed by atoms with Crippen molar-refractivity contribution in [3.05, 3.63) is 28.8 Å². The summed E-state index contributed by atoms with van der Waals surface area (Å²) in [4.78, 5) is 0. The van der Waals surface area contributed by atoms with Gasteiger partial charge in [-0.05, 0) is 37.8 Å². The third kappa shape index (κ3) is 2.77. The van der Waals surface area contributed by atoms with Gasteiger partial charge in [0.1, 0.15) is 12.4 Å². The Labute approximate surface area is 112 Å². The van der Waals surface area contributed by atoms with Crippen molar-refractivity contribution in [1.82, 2.24) is 0 Å². The van der Waals surface area contributed by atoms with Crippen molar-refractivity contribution in [2.45, 2.75) is 31.8 Å². The predicted octanol–water partition coefficient (Wildman–Crippen LogP) is 3.49.